The number of rotatable bonds is 3. The van der Waals surface area contributed by atoms with Gasteiger partial charge in [0.2, 0.25) is 0 Å². The summed E-state index contributed by atoms with van der Waals surface area (Å²) in [5.41, 5.74) is -0.605. The normalized spacial score (nSPS) is 22.9. The second-order valence-electron chi connectivity index (χ2n) is 4.45. The first-order chi connectivity index (χ1) is 8.45. The Hall–Kier alpha value is -1.42. The van der Waals surface area contributed by atoms with Crippen LogP contribution in [-0.2, 0) is 20.7 Å². The monoisotopic (exact) mass is 270 g/mol. The van der Waals surface area contributed by atoms with Gasteiger partial charge in [-0.05, 0) is 31.0 Å². The van der Waals surface area contributed by atoms with Crippen LogP contribution >= 0.6 is 11.6 Å². The minimum absolute atomic E-state index is 0.0182. The fourth-order valence-electron chi connectivity index (χ4n) is 2.16. The molecule has 1 unspecified atom stereocenters. The Balaban J connectivity index is 2.32. The Morgan fingerprint density at radius 2 is 2.28 bits per heavy atom. The molecule has 5 heteroatoms. The Morgan fingerprint density at radius 3 is 2.78 bits per heavy atom. The number of esters is 1. The standard InChI is InChI=1S/C13H12ClFO3/c1-8(16)13(4-5-18-12(13)17)7-9-2-3-10(14)11(15)6-9/h2-3,6H,4-5,7H2,1H3. The van der Waals surface area contributed by atoms with Crippen LogP contribution in [0, 0.1) is 11.2 Å². The molecule has 1 saturated heterocycles. The Morgan fingerprint density at radius 1 is 1.56 bits per heavy atom. The van der Waals surface area contributed by atoms with E-state index in [2.05, 4.69) is 0 Å². The summed E-state index contributed by atoms with van der Waals surface area (Å²) in [6.45, 7) is 1.59. The van der Waals surface area contributed by atoms with E-state index in [0.29, 0.717) is 12.0 Å². The molecular formula is C13H12ClFO3. The molecule has 0 amide bonds. The molecule has 3 nitrogen and oxygen atoms in total. The maximum Gasteiger partial charge on any atom is 0.320 e. The smallest absolute Gasteiger partial charge is 0.320 e. The molecule has 1 aromatic carbocycles. The lowest BCUT2D eigenvalue weighted by atomic mass is 9.77. The van der Waals surface area contributed by atoms with Crippen molar-refractivity contribution in [2.45, 2.75) is 19.8 Å². The Kier molecular flexibility index (Phi) is 3.39. The first kappa shape index (κ1) is 13.0. The average molecular weight is 271 g/mol. The highest BCUT2D eigenvalue weighted by molar-refractivity contribution is 6.30. The fourth-order valence-corrected chi connectivity index (χ4v) is 2.28. The summed E-state index contributed by atoms with van der Waals surface area (Å²) in [5.74, 6) is -1.33. The van der Waals surface area contributed by atoms with Crippen molar-refractivity contribution >= 4 is 23.4 Å². The van der Waals surface area contributed by atoms with Crippen LogP contribution < -0.4 is 0 Å². The number of ether oxygens (including phenoxy) is 1. The number of carbonyl (C=O) groups excluding carboxylic acids is 2. The number of halogens is 2. The van der Waals surface area contributed by atoms with Gasteiger partial charge in [-0.25, -0.2) is 4.39 Å². The number of Topliss-reactive ketones (excluding diaryl/α,β-unsaturated/α-hetero) is 1. The number of hydrogen-bond acceptors (Lipinski definition) is 3. The van der Waals surface area contributed by atoms with Gasteiger partial charge in [-0.15, -0.1) is 0 Å². The Labute approximate surface area is 109 Å². The maximum absolute atomic E-state index is 13.3. The number of ketones is 1. The number of cyclic esters (lactones) is 1. The number of benzene rings is 1. The molecule has 96 valence electrons. The van der Waals surface area contributed by atoms with E-state index < -0.39 is 17.2 Å². The molecule has 0 aromatic heterocycles. The van der Waals surface area contributed by atoms with Crippen molar-refractivity contribution in [3.8, 4) is 0 Å². The van der Waals surface area contributed by atoms with Crippen LogP contribution in [0.3, 0.4) is 0 Å². The summed E-state index contributed by atoms with van der Waals surface area (Å²) in [7, 11) is 0. The lowest BCUT2D eigenvalue weighted by Gasteiger charge is -2.21. The molecule has 1 aromatic rings. The molecular weight excluding hydrogens is 259 g/mol. The lowest BCUT2D eigenvalue weighted by Crippen LogP contribution is -2.36. The molecule has 0 bridgehead atoms. The molecule has 2 rings (SSSR count). The van der Waals surface area contributed by atoms with E-state index in [9.17, 15) is 14.0 Å². The molecule has 1 heterocycles. The van der Waals surface area contributed by atoms with E-state index in [4.69, 9.17) is 16.3 Å². The van der Waals surface area contributed by atoms with Crippen molar-refractivity contribution in [3.63, 3.8) is 0 Å². The highest BCUT2D eigenvalue weighted by Gasteiger charge is 2.48. The molecule has 1 aliphatic rings. The summed E-state index contributed by atoms with van der Waals surface area (Å²) >= 11 is 5.59. The van der Waals surface area contributed by atoms with E-state index in [1.54, 1.807) is 6.07 Å². The van der Waals surface area contributed by atoms with Crippen molar-refractivity contribution in [2.24, 2.45) is 5.41 Å². The van der Waals surface area contributed by atoms with Crippen molar-refractivity contribution in [1.82, 2.24) is 0 Å². The molecule has 1 aliphatic heterocycles. The van der Waals surface area contributed by atoms with Gasteiger partial charge in [-0.1, -0.05) is 17.7 Å². The molecule has 18 heavy (non-hydrogen) atoms. The molecule has 0 N–H and O–H groups in total. The molecule has 1 fully saturated rings. The predicted octanol–water partition coefficient (Wildman–Crippen LogP) is 2.54. The van der Waals surface area contributed by atoms with E-state index in [-0.39, 0.29) is 23.8 Å². The summed E-state index contributed by atoms with van der Waals surface area (Å²) in [5, 5.41) is 0.0182. The zero-order valence-electron chi connectivity index (χ0n) is 9.83. The molecule has 0 radical (unpaired) electrons. The quantitative estimate of drug-likeness (QED) is 0.626. The summed E-state index contributed by atoms with van der Waals surface area (Å²) in [6, 6.07) is 4.28. The third-order valence-corrected chi connectivity index (χ3v) is 3.62. The van der Waals surface area contributed by atoms with Crippen molar-refractivity contribution in [1.29, 1.82) is 0 Å². The molecule has 0 spiro atoms. The van der Waals surface area contributed by atoms with Crippen LogP contribution in [0.4, 0.5) is 4.39 Å². The van der Waals surface area contributed by atoms with Crippen molar-refractivity contribution < 1.29 is 18.7 Å². The van der Waals surface area contributed by atoms with Gasteiger partial charge in [0.25, 0.3) is 0 Å². The van der Waals surface area contributed by atoms with Gasteiger partial charge in [0, 0.05) is 6.42 Å². The van der Waals surface area contributed by atoms with Gasteiger partial charge in [0.05, 0.1) is 11.6 Å². The summed E-state index contributed by atoms with van der Waals surface area (Å²) in [4.78, 5) is 23.4. The molecule has 1 atom stereocenters. The summed E-state index contributed by atoms with van der Waals surface area (Å²) < 4.78 is 18.2. The fraction of sp³-hybridized carbons (Fsp3) is 0.385. The third-order valence-electron chi connectivity index (χ3n) is 3.32. The highest BCUT2D eigenvalue weighted by atomic mass is 35.5. The zero-order chi connectivity index (χ0) is 13.3. The summed E-state index contributed by atoms with van der Waals surface area (Å²) in [6.07, 6.45) is 0.487. The van der Waals surface area contributed by atoms with Gasteiger partial charge >= 0.3 is 5.97 Å². The highest BCUT2D eigenvalue weighted by Crippen LogP contribution is 2.35. The van der Waals surface area contributed by atoms with Crippen LogP contribution in [0.1, 0.15) is 18.9 Å². The van der Waals surface area contributed by atoms with Gasteiger partial charge in [-0.2, -0.15) is 0 Å². The van der Waals surface area contributed by atoms with Crippen molar-refractivity contribution in [2.75, 3.05) is 6.61 Å². The van der Waals surface area contributed by atoms with Crippen LogP contribution in [0.2, 0.25) is 5.02 Å². The minimum Gasteiger partial charge on any atom is -0.465 e. The van der Waals surface area contributed by atoms with E-state index in [1.807, 2.05) is 0 Å². The zero-order valence-corrected chi connectivity index (χ0v) is 10.6. The Bertz CT molecular complexity index is 515. The first-order valence-electron chi connectivity index (χ1n) is 5.58. The second-order valence-corrected chi connectivity index (χ2v) is 4.86. The molecule has 0 aliphatic carbocycles. The maximum atomic E-state index is 13.3. The predicted molar refractivity (Wildman–Crippen MR) is 63.8 cm³/mol. The number of hydrogen-bond donors (Lipinski definition) is 0. The van der Waals surface area contributed by atoms with Gasteiger partial charge in [0.15, 0.2) is 0 Å². The van der Waals surface area contributed by atoms with Crippen LogP contribution in [0.5, 0.6) is 0 Å². The van der Waals surface area contributed by atoms with E-state index >= 15 is 0 Å². The van der Waals surface area contributed by atoms with E-state index in [0.717, 1.165) is 0 Å². The van der Waals surface area contributed by atoms with E-state index in [1.165, 1.54) is 19.1 Å². The van der Waals surface area contributed by atoms with Gasteiger partial charge in [-0.3, -0.25) is 9.59 Å². The lowest BCUT2D eigenvalue weighted by molar-refractivity contribution is -0.150. The molecule has 0 saturated carbocycles. The average Bonchev–Trinajstić information content (AvgIpc) is 2.67. The topological polar surface area (TPSA) is 43.4 Å². The van der Waals surface area contributed by atoms with Crippen LogP contribution in [-0.4, -0.2) is 18.4 Å². The second kappa shape index (κ2) is 4.69. The van der Waals surface area contributed by atoms with Crippen LogP contribution in [0.25, 0.3) is 0 Å². The van der Waals surface area contributed by atoms with Gasteiger partial charge in [0.1, 0.15) is 17.0 Å². The van der Waals surface area contributed by atoms with Gasteiger partial charge < -0.3 is 4.74 Å². The largest absolute Gasteiger partial charge is 0.465 e. The number of carbonyl (C=O) groups is 2. The minimum atomic E-state index is -1.17. The van der Waals surface area contributed by atoms with Crippen LogP contribution in [0.15, 0.2) is 18.2 Å². The SMILES string of the molecule is CC(=O)C1(Cc2ccc(Cl)c(F)c2)CCOC1=O. The first-order valence-corrected chi connectivity index (χ1v) is 5.96. The van der Waals surface area contributed by atoms with Crippen molar-refractivity contribution in [3.05, 3.63) is 34.6 Å². The third kappa shape index (κ3) is 2.12.